The normalized spacial score (nSPS) is 24.1. The number of carbonyl (C=O) groups excluding carboxylic acids is 2. The molecular weight excluding hydrogens is 290 g/mol. The Morgan fingerprint density at radius 3 is 2.70 bits per heavy atom. The van der Waals surface area contributed by atoms with Crippen molar-refractivity contribution in [3.8, 4) is 0 Å². The third-order valence-corrected chi connectivity index (χ3v) is 5.21. The van der Waals surface area contributed by atoms with Gasteiger partial charge in [0.1, 0.15) is 0 Å². The molecule has 0 heterocycles. The van der Waals surface area contributed by atoms with E-state index in [4.69, 9.17) is 4.74 Å². The van der Waals surface area contributed by atoms with Crippen LogP contribution in [0.4, 0.5) is 0 Å². The van der Waals surface area contributed by atoms with E-state index < -0.39 is 5.97 Å². The van der Waals surface area contributed by atoms with Gasteiger partial charge in [0, 0.05) is 6.04 Å². The van der Waals surface area contributed by atoms with E-state index in [1.807, 2.05) is 26.0 Å². The SMILES string of the molecule is Cc1cccc(C(=O)OCC(=O)N[C@@H]2CCC[C@H](C)[C@H]2C)c1C. The van der Waals surface area contributed by atoms with Gasteiger partial charge in [0.15, 0.2) is 6.61 Å². The first kappa shape index (κ1) is 17.5. The predicted molar refractivity (Wildman–Crippen MR) is 90.3 cm³/mol. The Balaban J connectivity index is 1.86. The molecule has 1 fully saturated rings. The van der Waals surface area contributed by atoms with Crippen LogP contribution < -0.4 is 5.32 Å². The van der Waals surface area contributed by atoms with E-state index in [-0.39, 0.29) is 18.6 Å². The molecule has 2 rings (SSSR count). The minimum atomic E-state index is -0.439. The number of nitrogens with one attached hydrogen (secondary N) is 1. The number of amides is 1. The Kier molecular flexibility index (Phi) is 5.80. The highest BCUT2D eigenvalue weighted by atomic mass is 16.5. The van der Waals surface area contributed by atoms with Gasteiger partial charge >= 0.3 is 5.97 Å². The number of hydrogen-bond donors (Lipinski definition) is 1. The first-order valence-electron chi connectivity index (χ1n) is 8.43. The van der Waals surface area contributed by atoms with Crippen molar-refractivity contribution in [1.82, 2.24) is 5.32 Å². The number of aryl methyl sites for hydroxylation is 1. The Morgan fingerprint density at radius 2 is 1.96 bits per heavy atom. The van der Waals surface area contributed by atoms with Crippen molar-refractivity contribution in [2.75, 3.05) is 6.61 Å². The maximum absolute atomic E-state index is 12.1. The molecule has 1 aromatic carbocycles. The highest BCUT2D eigenvalue weighted by Crippen LogP contribution is 2.29. The summed E-state index contributed by atoms with van der Waals surface area (Å²) in [6.07, 6.45) is 3.36. The summed E-state index contributed by atoms with van der Waals surface area (Å²) in [5.74, 6) is 0.426. The maximum Gasteiger partial charge on any atom is 0.338 e. The number of rotatable bonds is 4. The molecular formula is C19H27NO3. The molecule has 4 heteroatoms. The Bertz CT molecular complexity index is 582. The van der Waals surface area contributed by atoms with E-state index in [9.17, 15) is 9.59 Å². The van der Waals surface area contributed by atoms with Gasteiger partial charge in [-0.05, 0) is 49.3 Å². The molecule has 3 atom stereocenters. The molecule has 4 nitrogen and oxygen atoms in total. The van der Waals surface area contributed by atoms with Gasteiger partial charge in [-0.2, -0.15) is 0 Å². The summed E-state index contributed by atoms with van der Waals surface area (Å²) in [5.41, 5.74) is 2.46. The van der Waals surface area contributed by atoms with Crippen LogP contribution in [0.1, 0.15) is 54.6 Å². The number of ether oxygens (including phenoxy) is 1. The first-order chi connectivity index (χ1) is 10.9. The molecule has 1 N–H and O–H groups in total. The summed E-state index contributed by atoms with van der Waals surface area (Å²) in [5, 5.41) is 3.02. The Hall–Kier alpha value is -1.84. The van der Waals surface area contributed by atoms with Gasteiger partial charge in [0.25, 0.3) is 5.91 Å². The lowest BCUT2D eigenvalue weighted by Gasteiger charge is -2.34. The molecule has 1 amide bonds. The molecule has 0 unspecified atom stereocenters. The van der Waals surface area contributed by atoms with Crippen LogP contribution in [0.5, 0.6) is 0 Å². The predicted octanol–water partition coefficient (Wildman–Crippen LogP) is 3.40. The fourth-order valence-electron chi connectivity index (χ4n) is 3.22. The van der Waals surface area contributed by atoms with Crippen molar-refractivity contribution in [1.29, 1.82) is 0 Å². The minimum Gasteiger partial charge on any atom is -0.452 e. The summed E-state index contributed by atoms with van der Waals surface area (Å²) < 4.78 is 5.18. The van der Waals surface area contributed by atoms with Gasteiger partial charge in [0.05, 0.1) is 5.56 Å². The second kappa shape index (κ2) is 7.62. The average Bonchev–Trinajstić information content (AvgIpc) is 2.52. The van der Waals surface area contributed by atoms with E-state index in [2.05, 4.69) is 19.2 Å². The van der Waals surface area contributed by atoms with Crippen molar-refractivity contribution in [2.45, 2.75) is 53.0 Å². The molecule has 0 saturated heterocycles. The summed E-state index contributed by atoms with van der Waals surface area (Å²) in [4.78, 5) is 24.2. The fourth-order valence-corrected chi connectivity index (χ4v) is 3.22. The average molecular weight is 317 g/mol. The fraction of sp³-hybridized carbons (Fsp3) is 0.579. The number of hydrogen-bond acceptors (Lipinski definition) is 3. The molecule has 1 aliphatic rings. The molecule has 126 valence electrons. The molecule has 1 saturated carbocycles. The second-order valence-corrected chi connectivity index (χ2v) is 6.76. The smallest absolute Gasteiger partial charge is 0.338 e. The van der Waals surface area contributed by atoms with Gasteiger partial charge in [-0.15, -0.1) is 0 Å². The Labute approximate surface area is 138 Å². The lowest BCUT2D eigenvalue weighted by molar-refractivity contribution is -0.125. The minimum absolute atomic E-state index is 0.186. The Morgan fingerprint density at radius 1 is 1.22 bits per heavy atom. The lowest BCUT2D eigenvalue weighted by Crippen LogP contribution is -2.45. The molecule has 0 radical (unpaired) electrons. The zero-order valence-corrected chi connectivity index (χ0v) is 14.5. The van der Waals surface area contributed by atoms with Crippen LogP contribution in [0.25, 0.3) is 0 Å². The van der Waals surface area contributed by atoms with Gasteiger partial charge in [0.2, 0.25) is 0 Å². The molecule has 0 bridgehead atoms. The van der Waals surface area contributed by atoms with E-state index in [0.29, 0.717) is 17.4 Å². The van der Waals surface area contributed by atoms with Crippen molar-refractivity contribution >= 4 is 11.9 Å². The van der Waals surface area contributed by atoms with Crippen molar-refractivity contribution in [3.05, 3.63) is 34.9 Å². The van der Waals surface area contributed by atoms with Crippen LogP contribution in [0.15, 0.2) is 18.2 Å². The van der Waals surface area contributed by atoms with Crippen molar-refractivity contribution in [2.24, 2.45) is 11.8 Å². The van der Waals surface area contributed by atoms with E-state index in [0.717, 1.165) is 24.0 Å². The molecule has 0 aliphatic heterocycles. The van der Waals surface area contributed by atoms with Crippen LogP contribution in [-0.4, -0.2) is 24.5 Å². The van der Waals surface area contributed by atoms with Gasteiger partial charge in [-0.1, -0.05) is 38.8 Å². The third-order valence-electron chi connectivity index (χ3n) is 5.21. The number of benzene rings is 1. The van der Waals surface area contributed by atoms with E-state index >= 15 is 0 Å². The van der Waals surface area contributed by atoms with Crippen molar-refractivity contribution < 1.29 is 14.3 Å². The highest BCUT2D eigenvalue weighted by Gasteiger charge is 2.28. The van der Waals surface area contributed by atoms with Crippen LogP contribution in [-0.2, 0) is 9.53 Å². The van der Waals surface area contributed by atoms with Gasteiger partial charge < -0.3 is 10.1 Å². The third kappa shape index (κ3) is 4.34. The van der Waals surface area contributed by atoms with Crippen molar-refractivity contribution in [3.63, 3.8) is 0 Å². The lowest BCUT2D eigenvalue weighted by atomic mass is 9.78. The quantitative estimate of drug-likeness (QED) is 0.866. The topological polar surface area (TPSA) is 55.4 Å². The monoisotopic (exact) mass is 317 g/mol. The van der Waals surface area contributed by atoms with E-state index in [1.165, 1.54) is 6.42 Å². The number of esters is 1. The second-order valence-electron chi connectivity index (χ2n) is 6.76. The zero-order valence-electron chi connectivity index (χ0n) is 14.5. The standard InChI is InChI=1S/C19H27NO3/c1-12-7-5-9-16(14(12)3)19(22)23-11-18(21)20-17-10-6-8-13(2)15(17)4/h5,7,9,13,15,17H,6,8,10-11H2,1-4H3,(H,20,21)/t13-,15+,17+/m0/s1. The summed E-state index contributed by atoms with van der Waals surface area (Å²) >= 11 is 0. The summed E-state index contributed by atoms with van der Waals surface area (Å²) in [7, 11) is 0. The van der Waals surface area contributed by atoms with Crippen LogP contribution in [0.2, 0.25) is 0 Å². The molecule has 1 aliphatic carbocycles. The molecule has 0 aromatic heterocycles. The van der Waals surface area contributed by atoms with Crippen LogP contribution in [0.3, 0.4) is 0 Å². The number of carbonyl (C=O) groups is 2. The maximum atomic E-state index is 12.1. The van der Waals surface area contributed by atoms with E-state index in [1.54, 1.807) is 6.07 Å². The summed E-state index contributed by atoms with van der Waals surface area (Å²) in [6, 6.07) is 5.69. The van der Waals surface area contributed by atoms with Gasteiger partial charge in [-0.25, -0.2) is 4.79 Å². The largest absolute Gasteiger partial charge is 0.452 e. The zero-order chi connectivity index (χ0) is 17.0. The highest BCUT2D eigenvalue weighted by molar-refractivity contribution is 5.93. The van der Waals surface area contributed by atoms with Crippen LogP contribution in [0, 0.1) is 25.7 Å². The summed E-state index contributed by atoms with van der Waals surface area (Å²) in [6.45, 7) is 8.02. The molecule has 0 spiro atoms. The molecule has 23 heavy (non-hydrogen) atoms. The van der Waals surface area contributed by atoms with Crippen LogP contribution >= 0.6 is 0 Å². The molecule has 1 aromatic rings. The van der Waals surface area contributed by atoms with Gasteiger partial charge in [-0.3, -0.25) is 4.79 Å². The first-order valence-corrected chi connectivity index (χ1v) is 8.43.